The standard InChI is InChI=1S/C14H13Cl2N5O3/c15-10-3-9(21(23)24)4-11(16)13(10)20-2-1-12(19-20)14(22)18-7-8-5-17-6-8/h1-4,8,17H,5-7H2,(H,18,22). The Balaban J connectivity index is 1.79. The number of carbonyl (C=O) groups is 1. The minimum Gasteiger partial charge on any atom is -0.350 e. The highest BCUT2D eigenvalue weighted by Gasteiger charge is 2.20. The zero-order chi connectivity index (χ0) is 17.3. The first-order chi connectivity index (χ1) is 11.5. The third kappa shape index (κ3) is 3.35. The number of nitro benzene ring substituents is 1. The lowest BCUT2D eigenvalue weighted by molar-refractivity contribution is -0.384. The summed E-state index contributed by atoms with van der Waals surface area (Å²) >= 11 is 12.1. The van der Waals surface area contributed by atoms with Gasteiger partial charge in [-0.1, -0.05) is 23.2 Å². The van der Waals surface area contributed by atoms with E-state index in [2.05, 4.69) is 15.7 Å². The van der Waals surface area contributed by atoms with E-state index < -0.39 is 4.92 Å². The molecule has 1 fully saturated rings. The summed E-state index contributed by atoms with van der Waals surface area (Å²) in [4.78, 5) is 22.3. The molecular formula is C14H13Cl2N5O3. The Bertz CT molecular complexity index is 780. The minimum absolute atomic E-state index is 0.0739. The third-order valence-corrected chi connectivity index (χ3v) is 4.26. The summed E-state index contributed by atoms with van der Waals surface area (Å²) in [5.74, 6) is 0.143. The van der Waals surface area contributed by atoms with E-state index in [-0.39, 0.29) is 33.0 Å². The predicted octanol–water partition coefficient (Wildman–Crippen LogP) is 2.04. The minimum atomic E-state index is -0.585. The van der Waals surface area contributed by atoms with Crippen LogP contribution in [0.2, 0.25) is 10.0 Å². The van der Waals surface area contributed by atoms with Crippen molar-refractivity contribution >= 4 is 34.8 Å². The first-order valence-electron chi connectivity index (χ1n) is 7.14. The molecule has 2 aromatic rings. The van der Waals surface area contributed by atoms with Crippen LogP contribution in [0.25, 0.3) is 5.69 Å². The summed E-state index contributed by atoms with van der Waals surface area (Å²) in [7, 11) is 0. The Morgan fingerprint density at radius 1 is 1.42 bits per heavy atom. The fourth-order valence-electron chi connectivity index (χ4n) is 2.27. The largest absolute Gasteiger partial charge is 0.350 e. The van der Waals surface area contributed by atoms with Gasteiger partial charge in [-0.05, 0) is 6.07 Å². The molecule has 3 rings (SSSR count). The molecule has 2 N–H and O–H groups in total. The topological polar surface area (TPSA) is 102 Å². The van der Waals surface area contributed by atoms with Crippen molar-refractivity contribution in [3.05, 3.63) is 50.2 Å². The second-order valence-electron chi connectivity index (χ2n) is 5.39. The number of rotatable bonds is 5. The van der Waals surface area contributed by atoms with Gasteiger partial charge in [0.1, 0.15) is 5.69 Å². The quantitative estimate of drug-likeness (QED) is 0.620. The third-order valence-electron chi connectivity index (χ3n) is 3.68. The fourth-order valence-corrected chi connectivity index (χ4v) is 2.92. The molecule has 2 heterocycles. The van der Waals surface area contributed by atoms with Gasteiger partial charge in [-0.25, -0.2) is 4.68 Å². The Morgan fingerprint density at radius 2 is 2.08 bits per heavy atom. The van der Waals surface area contributed by atoms with E-state index in [0.717, 1.165) is 13.1 Å². The molecule has 10 heteroatoms. The molecule has 1 saturated heterocycles. The molecule has 0 unspecified atom stereocenters. The number of amides is 1. The number of aromatic nitrogens is 2. The maximum Gasteiger partial charge on any atom is 0.272 e. The second kappa shape index (κ2) is 6.76. The van der Waals surface area contributed by atoms with Gasteiger partial charge >= 0.3 is 0 Å². The maximum atomic E-state index is 12.1. The SMILES string of the molecule is O=C(NCC1CNC1)c1ccn(-c2c(Cl)cc([N+](=O)[O-])cc2Cl)n1. The van der Waals surface area contributed by atoms with Gasteiger partial charge in [-0.2, -0.15) is 5.10 Å². The van der Waals surface area contributed by atoms with Gasteiger partial charge in [0.15, 0.2) is 5.69 Å². The molecule has 1 aliphatic heterocycles. The van der Waals surface area contributed by atoms with Gasteiger partial charge in [-0.3, -0.25) is 14.9 Å². The molecular weight excluding hydrogens is 357 g/mol. The normalized spacial score (nSPS) is 14.2. The highest BCUT2D eigenvalue weighted by atomic mass is 35.5. The lowest BCUT2D eigenvalue weighted by Gasteiger charge is -2.26. The summed E-state index contributed by atoms with van der Waals surface area (Å²) in [5.41, 5.74) is 0.284. The molecule has 0 radical (unpaired) electrons. The van der Waals surface area contributed by atoms with E-state index in [1.165, 1.54) is 29.1 Å². The number of hydrogen-bond acceptors (Lipinski definition) is 5. The zero-order valence-electron chi connectivity index (χ0n) is 12.3. The van der Waals surface area contributed by atoms with Crippen molar-refractivity contribution in [2.45, 2.75) is 0 Å². The number of carbonyl (C=O) groups excluding carboxylic acids is 1. The van der Waals surface area contributed by atoms with Crippen LogP contribution in [0.15, 0.2) is 24.4 Å². The van der Waals surface area contributed by atoms with Gasteiger partial charge in [-0.15, -0.1) is 0 Å². The van der Waals surface area contributed by atoms with Gasteiger partial charge < -0.3 is 10.6 Å². The molecule has 1 aliphatic rings. The molecule has 0 spiro atoms. The molecule has 24 heavy (non-hydrogen) atoms. The number of nitrogens with one attached hydrogen (secondary N) is 2. The monoisotopic (exact) mass is 369 g/mol. The van der Waals surface area contributed by atoms with Crippen LogP contribution in [0.3, 0.4) is 0 Å². The highest BCUT2D eigenvalue weighted by Crippen LogP contribution is 2.32. The van der Waals surface area contributed by atoms with Crippen LogP contribution in [0.1, 0.15) is 10.5 Å². The first kappa shape index (κ1) is 16.7. The Kier molecular flexibility index (Phi) is 4.70. The average molecular weight is 370 g/mol. The van der Waals surface area contributed by atoms with Crippen molar-refractivity contribution < 1.29 is 9.72 Å². The molecule has 8 nitrogen and oxygen atoms in total. The summed E-state index contributed by atoms with van der Waals surface area (Å²) in [6.45, 7) is 2.36. The summed E-state index contributed by atoms with van der Waals surface area (Å²) in [6.07, 6.45) is 1.53. The van der Waals surface area contributed by atoms with Crippen LogP contribution in [0, 0.1) is 16.0 Å². The van der Waals surface area contributed by atoms with Crippen molar-refractivity contribution in [3.63, 3.8) is 0 Å². The van der Waals surface area contributed by atoms with E-state index in [4.69, 9.17) is 23.2 Å². The lowest BCUT2D eigenvalue weighted by atomic mass is 10.0. The van der Waals surface area contributed by atoms with E-state index in [1.54, 1.807) is 0 Å². The molecule has 0 bridgehead atoms. The Morgan fingerprint density at radius 3 is 2.62 bits per heavy atom. The van der Waals surface area contributed by atoms with Crippen LogP contribution in [-0.2, 0) is 0 Å². The number of nitro groups is 1. The number of non-ortho nitro benzene ring substituents is 1. The van der Waals surface area contributed by atoms with Crippen LogP contribution in [0.4, 0.5) is 5.69 Å². The Hall–Kier alpha value is -2.16. The van der Waals surface area contributed by atoms with E-state index in [1.807, 2.05) is 0 Å². The van der Waals surface area contributed by atoms with Crippen molar-refractivity contribution in [3.8, 4) is 5.69 Å². The van der Waals surface area contributed by atoms with Crippen molar-refractivity contribution in [1.82, 2.24) is 20.4 Å². The van der Waals surface area contributed by atoms with E-state index in [9.17, 15) is 14.9 Å². The zero-order valence-corrected chi connectivity index (χ0v) is 13.8. The van der Waals surface area contributed by atoms with Crippen LogP contribution < -0.4 is 10.6 Å². The lowest BCUT2D eigenvalue weighted by Crippen LogP contribution is -2.48. The van der Waals surface area contributed by atoms with Crippen LogP contribution >= 0.6 is 23.2 Å². The molecule has 0 aliphatic carbocycles. The molecule has 0 atom stereocenters. The molecule has 1 aromatic carbocycles. The Labute approximate surface area is 146 Å². The first-order valence-corrected chi connectivity index (χ1v) is 7.89. The molecule has 1 amide bonds. The molecule has 126 valence electrons. The second-order valence-corrected chi connectivity index (χ2v) is 6.21. The number of halogens is 2. The summed E-state index contributed by atoms with van der Waals surface area (Å²) < 4.78 is 1.33. The molecule has 1 aromatic heterocycles. The number of nitrogens with zero attached hydrogens (tertiary/aromatic N) is 3. The van der Waals surface area contributed by atoms with E-state index >= 15 is 0 Å². The number of benzene rings is 1. The van der Waals surface area contributed by atoms with Gasteiger partial charge in [0.05, 0.1) is 15.0 Å². The summed E-state index contributed by atoms with van der Waals surface area (Å²) in [6, 6.07) is 3.91. The predicted molar refractivity (Wildman–Crippen MR) is 88.9 cm³/mol. The smallest absolute Gasteiger partial charge is 0.272 e. The maximum absolute atomic E-state index is 12.1. The van der Waals surface area contributed by atoms with E-state index in [0.29, 0.717) is 12.5 Å². The fraction of sp³-hybridized carbons (Fsp3) is 0.286. The van der Waals surface area contributed by atoms with Crippen molar-refractivity contribution in [2.24, 2.45) is 5.92 Å². The number of hydrogen-bond donors (Lipinski definition) is 2. The van der Waals surface area contributed by atoms with Gasteiger partial charge in [0.25, 0.3) is 11.6 Å². The highest BCUT2D eigenvalue weighted by molar-refractivity contribution is 6.38. The van der Waals surface area contributed by atoms with Crippen LogP contribution in [0.5, 0.6) is 0 Å². The van der Waals surface area contributed by atoms with Crippen LogP contribution in [-0.4, -0.2) is 40.2 Å². The molecule has 0 saturated carbocycles. The van der Waals surface area contributed by atoms with Gasteiger partial charge in [0, 0.05) is 43.9 Å². The van der Waals surface area contributed by atoms with Gasteiger partial charge in [0.2, 0.25) is 0 Å². The van der Waals surface area contributed by atoms with Crippen molar-refractivity contribution in [2.75, 3.05) is 19.6 Å². The van der Waals surface area contributed by atoms with Crippen molar-refractivity contribution in [1.29, 1.82) is 0 Å². The average Bonchev–Trinajstić information content (AvgIpc) is 2.94. The summed E-state index contributed by atoms with van der Waals surface area (Å²) in [5, 5.41) is 21.0.